The summed E-state index contributed by atoms with van der Waals surface area (Å²) in [5.41, 5.74) is 1.10. The van der Waals surface area contributed by atoms with Crippen LogP contribution in [0.15, 0.2) is 13.2 Å². The molecule has 5 heteroatoms. The number of rotatable bonds is 2. The Labute approximate surface area is 94.4 Å². The van der Waals surface area contributed by atoms with Gasteiger partial charge in [0.05, 0.1) is 5.69 Å². The predicted molar refractivity (Wildman–Crippen MR) is 60.1 cm³/mol. The third-order valence-electron chi connectivity index (χ3n) is 1.29. The van der Waals surface area contributed by atoms with Crippen molar-refractivity contribution >= 4 is 49.7 Å². The Bertz CT molecular complexity index is 377. The zero-order chi connectivity index (χ0) is 10.0. The molecule has 1 aromatic rings. The molecule has 13 heavy (non-hydrogen) atoms. The lowest BCUT2D eigenvalue weighted by molar-refractivity contribution is 1.16. The van der Waals surface area contributed by atoms with Crippen molar-refractivity contribution in [1.82, 2.24) is 9.97 Å². The van der Waals surface area contributed by atoms with Crippen LogP contribution >= 0.6 is 39.1 Å². The van der Waals surface area contributed by atoms with E-state index < -0.39 is 0 Å². The van der Waals surface area contributed by atoms with Gasteiger partial charge in [-0.25, -0.2) is 9.97 Å². The second kappa shape index (κ2) is 4.22. The van der Waals surface area contributed by atoms with Gasteiger partial charge in [0, 0.05) is 4.48 Å². The maximum atomic E-state index is 5.69. The van der Waals surface area contributed by atoms with Crippen LogP contribution < -0.4 is 0 Å². The lowest BCUT2D eigenvalue weighted by Crippen LogP contribution is -1.94. The minimum absolute atomic E-state index is 0.155. The van der Waals surface area contributed by atoms with Crippen LogP contribution in [0.5, 0.6) is 0 Å². The van der Waals surface area contributed by atoms with Gasteiger partial charge in [-0.15, -0.1) is 0 Å². The normalized spacial score (nSPS) is 9.77. The van der Waals surface area contributed by atoms with Crippen molar-refractivity contribution in [2.24, 2.45) is 0 Å². The number of halogens is 3. The van der Waals surface area contributed by atoms with E-state index >= 15 is 0 Å². The molecule has 68 valence electrons. The molecule has 1 rings (SSSR count). The Hall–Kier alpha value is -0.380. The van der Waals surface area contributed by atoms with E-state index in [1.54, 1.807) is 0 Å². The summed E-state index contributed by atoms with van der Waals surface area (Å²) in [6.45, 7) is 7.25. The molecule has 0 aromatic carbocycles. The number of hydrogen-bond acceptors (Lipinski definition) is 2. The molecule has 0 unspecified atom stereocenters. The summed E-state index contributed by atoms with van der Waals surface area (Å²) in [4.78, 5) is 7.97. The molecule has 0 atom stereocenters. The molecule has 0 aliphatic rings. The van der Waals surface area contributed by atoms with Crippen LogP contribution in [0.2, 0.25) is 10.3 Å². The van der Waals surface area contributed by atoms with Crippen molar-refractivity contribution in [2.45, 2.75) is 0 Å². The van der Waals surface area contributed by atoms with E-state index in [2.05, 4.69) is 39.1 Å². The summed E-state index contributed by atoms with van der Waals surface area (Å²) in [5.74, 6) is 0. The first kappa shape index (κ1) is 10.7. The summed E-state index contributed by atoms with van der Waals surface area (Å²) in [6, 6.07) is 0. The molecule has 0 bridgehead atoms. The highest BCUT2D eigenvalue weighted by molar-refractivity contribution is 9.15. The zero-order valence-corrected chi connectivity index (χ0v) is 9.62. The van der Waals surface area contributed by atoms with Gasteiger partial charge in [0.15, 0.2) is 10.3 Å². The molecular formula is C8H5BrCl2N2. The lowest BCUT2D eigenvalue weighted by atomic mass is 10.3. The minimum atomic E-state index is 0.155. The van der Waals surface area contributed by atoms with Gasteiger partial charge in [0.2, 0.25) is 0 Å². The molecular weight excluding hydrogens is 275 g/mol. The van der Waals surface area contributed by atoms with Crippen LogP contribution in [-0.2, 0) is 0 Å². The van der Waals surface area contributed by atoms with Gasteiger partial charge in [-0.1, -0.05) is 36.4 Å². The molecule has 1 heterocycles. The summed E-state index contributed by atoms with van der Waals surface area (Å²) < 4.78 is 0.591. The third kappa shape index (κ3) is 2.30. The topological polar surface area (TPSA) is 25.8 Å². The molecule has 0 N–H and O–H groups in total. The predicted octanol–water partition coefficient (Wildman–Crippen LogP) is 3.79. The van der Waals surface area contributed by atoms with E-state index in [1.165, 1.54) is 6.08 Å². The van der Waals surface area contributed by atoms with Crippen LogP contribution in [0, 0.1) is 0 Å². The molecule has 0 fully saturated rings. The molecule has 0 saturated heterocycles. The van der Waals surface area contributed by atoms with Crippen LogP contribution in [0.4, 0.5) is 0 Å². The fourth-order valence-electron chi connectivity index (χ4n) is 0.748. The van der Waals surface area contributed by atoms with Crippen LogP contribution in [0.3, 0.4) is 0 Å². The molecule has 0 spiro atoms. The monoisotopic (exact) mass is 278 g/mol. The van der Waals surface area contributed by atoms with Gasteiger partial charge >= 0.3 is 0 Å². The maximum Gasteiger partial charge on any atom is 0.167 e. The van der Waals surface area contributed by atoms with E-state index in [0.29, 0.717) is 15.9 Å². The van der Waals surface area contributed by atoms with Gasteiger partial charge in [-0.3, -0.25) is 0 Å². The summed E-state index contributed by atoms with van der Waals surface area (Å²) >= 11 is 14.5. The Balaban J connectivity index is 3.41. The van der Waals surface area contributed by atoms with E-state index in [4.69, 9.17) is 23.2 Å². The number of nitrogens with zero attached hydrogens (tertiary/aromatic N) is 2. The fourth-order valence-corrected chi connectivity index (χ4v) is 1.30. The first-order valence-electron chi connectivity index (χ1n) is 3.26. The summed E-state index contributed by atoms with van der Waals surface area (Å²) in [6.07, 6.45) is 1.54. The summed E-state index contributed by atoms with van der Waals surface area (Å²) in [5, 5.41) is 0.317. The second-order valence-corrected chi connectivity index (χ2v) is 3.82. The zero-order valence-electron chi connectivity index (χ0n) is 6.52. The van der Waals surface area contributed by atoms with Crippen molar-refractivity contribution in [2.75, 3.05) is 0 Å². The lowest BCUT2D eigenvalue weighted by Gasteiger charge is -2.03. The number of hydrogen-bond donors (Lipinski definition) is 0. The number of aromatic nitrogens is 2. The molecule has 0 radical (unpaired) electrons. The van der Waals surface area contributed by atoms with Crippen LogP contribution in [-0.4, -0.2) is 9.97 Å². The Morgan fingerprint density at radius 3 is 2.31 bits per heavy atom. The smallest absolute Gasteiger partial charge is 0.167 e. The SMILES string of the molecule is C=Cc1nc(Cl)c(Cl)nc1C(=C)Br. The Morgan fingerprint density at radius 2 is 1.85 bits per heavy atom. The summed E-state index contributed by atoms with van der Waals surface area (Å²) in [7, 11) is 0. The highest BCUT2D eigenvalue weighted by Crippen LogP contribution is 2.25. The average molecular weight is 280 g/mol. The quantitative estimate of drug-likeness (QED) is 0.823. The Kier molecular flexibility index (Phi) is 3.47. The van der Waals surface area contributed by atoms with Gasteiger partial charge in [-0.05, 0) is 22.0 Å². The van der Waals surface area contributed by atoms with Crippen molar-refractivity contribution in [3.8, 4) is 0 Å². The standard InChI is InChI=1S/C8H5BrCl2N2/c1-3-5-6(4(2)9)13-8(11)7(10)12-5/h3H,1-2H2. The van der Waals surface area contributed by atoms with Crippen LogP contribution in [0.1, 0.15) is 11.4 Å². The maximum absolute atomic E-state index is 5.69. The first-order chi connectivity index (χ1) is 6.06. The third-order valence-corrected chi connectivity index (χ3v) is 2.29. The molecule has 0 aliphatic carbocycles. The highest BCUT2D eigenvalue weighted by atomic mass is 79.9. The molecule has 0 amide bonds. The van der Waals surface area contributed by atoms with Gasteiger partial charge in [-0.2, -0.15) is 0 Å². The minimum Gasteiger partial charge on any atom is -0.231 e. The van der Waals surface area contributed by atoms with Crippen LogP contribution in [0.25, 0.3) is 10.6 Å². The second-order valence-electron chi connectivity index (χ2n) is 2.15. The van der Waals surface area contributed by atoms with Crippen molar-refractivity contribution in [3.63, 3.8) is 0 Å². The van der Waals surface area contributed by atoms with Gasteiger partial charge in [0.25, 0.3) is 0 Å². The van der Waals surface area contributed by atoms with E-state index in [9.17, 15) is 0 Å². The van der Waals surface area contributed by atoms with Gasteiger partial charge in [0.1, 0.15) is 5.69 Å². The van der Waals surface area contributed by atoms with E-state index in [0.717, 1.165) is 0 Å². The fraction of sp³-hybridized carbons (Fsp3) is 0. The van der Waals surface area contributed by atoms with E-state index in [-0.39, 0.29) is 10.3 Å². The molecule has 1 aromatic heterocycles. The van der Waals surface area contributed by atoms with Crippen molar-refractivity contribution < 1.29 is 0 Å². The first-order valence-corrected chi connectivity index (χ1v) is 4.81. The average Bonchev–Trinajstić information content (AvgIpc) is 2.08. The van der Waals surface area contributed by atoms with Gasteiger partial charge < -0.3 is 0 Å². The van der Waals surface area contributed by atoms with Crippen molar-refractivity contribution in [3.05, 3.63) is 34.9 Å². The molecule has 2 nitrogen and oxygen atoms in total. The largest absolute Gasteiger partial charge is 0.231 e. The van der Waals surface area contributed by atoms with Crippen molar-refractivity contribution in [1.29, 1.82) is 0 Å². The van der Waals surface area contributed by atoms with E-state index in [1.807, 2.05) is 0 Å². The Morgan fingerprint density at radius 1 is 1.31 bits per heavy atom. The highest BCUT2D eigenvalue weighted by Gasteiger charge is 2.09. The molecule has 0 saturated carbocycles. The molecule has 0 aliphatic heterocycles.